The number of ketones is 1. The third-order valence-electron chi connectivity index (χ3n) is 2.72. The molecular formula is C15H12O3. The lowest BCUT2D eigenvalue weighted by molar-refractivity contribution is 0.0745. The fourth-order valence-electron chi connectivity index (χ4n) is 1.76. The highest BCUT2D eigenvalue weighted by Crippen LogP contribution is 2.19. The molecule has 0 fully saturated rings. The molecule has 0 saturated carbocycles. The quantitative estimate of drug-likeness (QED) is 0.659. The van der Waals surface area contributed by atoms with Crippen molar-refractivity contribution in [2.45, 2.75) is 6.10 Å². The Morgan fingerprint density at radius 3 is 2.28 bits per heavy atom. The highest BCUT2D eigenvalue weighted by atomic mass is 16.3. The van der Waals surface area contributed by atoms with Crippen LogP contribution >= 0.6 is 0 Å². The molecule has 1 atom stereocenters. The van der Waals surface area contributed by atoms with Crippen LogP contribution in [-0.2, 0) is 0 Å². The summed E-state index contributed by atoms with van der Waals surface area (Å²) >= 11 is 0. The van der Waals surface area contributed by atoms with E-state index in [1.807, 2.05) is 0 Å². The van der Waals surface area contributed by atoms with Crippen LogP contribution in [0, 0.1) is 0 Å². The van der Waals surface area contributed by atoms with Crippen molar-refractivity contribution in [3.05, 3.63) is 71.3 Å². The number of aliphatic hydroxyl groups excluding tert-OH is 1. The Kier molecular flexibility index (Phi) is 3.65. The second kappa shape index (κ2) is 5.38. The summed E-state index contributed by atoms with van der Waals surface area (Å²) in [5.74, 6) is -0.469. The summed E-state index contributed by atoms with van der Waals surface area (Å²) in [7, 11) is 0. The van der Waals surface area contributed by atoms with Crippen LogP contribution in [0.5, 0.6) is 0 Å². The standard InChI is InChI=1S/C15H12O3/c16-10-12-8-4-5-9-13(12)15(18)14(17)11-6-2-1-3-7-11/h1-10,14,17H. The summed E-state index contributed by atoms with van der Waals surface area (Å²) in [6.07, 6.45) is -0.627. The molecule has 0 aliphatic rings. The van der Waals surface area contributed by atoms with Gasteiger partial charge in [-0.1, -0.05) is 54.6 Å². The van der Waals surface area contributed by atoms with Gasteiger partial charge < -0.3 is 5.11 Å². The average Bonchev–Trinajstić information content (AvgIpc) is 2.46. The summed E-state index contributed by atoms with van der Waals surface area (Å²) in [4.78, 5) is 23.0. The molecule has 0 bridgehead atoms. The molecule has 2 aromatic carbocycles. The van der Waals surface area contributed by atoms with Gasteiger partial charge in [-0.05, 0) is 5.56 Å². The number of rotatable bonds is 4. The number of carbonyl (C=O) groups is 2. The van der Waals surface area contributed by atoms with E-state index in [0.29, 0.717) is 11.8 Å². The number of aldehydes is 1. The van der Waals surface area contributed by atoms with Gasteiger partial charge in [0.25, 0.3) is 0 Å². The maximum absolute atomic E-state index is 12.1. The van der Waals surface area contributed by atoms with Gasteiger partial charge in [-0.3, -0.25) is 9.59 Å². The normalized spacial score (nSPS) is 11.8. The van der Waals surface area contributed by atoms with Crippen molar-refractivity contribution in [2.75, 3.05) is 0 Å². The molecule has 0 spiro atoms. The molecule has 1 unspecified atom stereocenters. The topological polar surface area (TPSA) is 54.4 Å². The number of hydrogen-bond donors (Lipinski definition) is 1. The van der Waals surface area contributed by atoms with Crippen LogP contribution in [0.15, 0.2) is 54.6 Å². The van der Waals surface area contributed by atoms with Crippen LogP contribution < -0.4 is 0 Å². The van der Waals surface area contributed by atoms with Gasteiger partial charge in [0.1, 0.15) is 6.10 Å². The summed E-state index contributed by atoms with van der Waals surface area (Å²) in [5.41, 5.74) is 1.05. The van der Waals surface area contributed by atoms with Crippen LogP contribution in [0.4, 0.5) is 0 Å². The molecule has 0 heterocycles. The lowest BCUT2D eigenvalue weighted by Crippen LogP contribution is -2.14. The van der Waals surface area contributed by atoms with Gasteiger partial charge in [-0.25, -0.2) is 0 Å². The minimum Gasteiger partial charge on any atom is -0.380 e. The summed E-state index contributed by atoms with van der Waals surface area (Å²) < 4.78 is 0. The summed E-state index contributed by atoms with van der Waals surface area (Å²) in [6, 6.07) is 15.1. The molecule has 18 heavy (non-hydrogen) atoms. The lowest BCUT2D eigenvalue weighted by Gasteiger charge is -2.11. The van der Waals surface area contributed by atoms with E-state index in [1.165, 1.54) is 6.07 Å². The van der Waals surface area contributed by atoms with Crippen molar-refractivity contribution in [1.29, 1.82) is 0 Å². The van der Waals surface area contributed by atoms with Gasteiger partial charge in [0.15, 0.2) is 12.1 Å². The van der Waals surface area contributed by atoms with Crippen molar-refractivity contribution >= 4 is 12.1 Å². The Balaban J connectivity index is 2.34. The van der Waals surface area contributed by atoms with Crippen molar-refractivity contribution in [3.63, 3.8) is 0 Å². The zero-order chi connectivity index (χ0) is 13.0. The maximum atomic E-state index is 12.1. The zero-order valence-corrected chi connectivity index (χ0v) is 9.61. The first kappa shape index (κ1) is 12.2. The first-order valence-corrected chi connectivity index (χ1v) is 5.55. The van der Waals surface area contributed by atoms with E-state index < -0.39 is 11.9 Å². The third kappa shape index (κ3) is 2.36. The van der Waals surface area contributed by atoms with Gasteiger partial charge in [0.05, 0.1) is 0 Å². The molecule has 2 rings (SSSR count). The van der Waals surface area contributed by atoms with E-state index >= 15 is 0 Å². The number of aliphatic hydroxyl groups is 1. The van der Waals surface area contributed by atoms with E-state index in [9.17, 15) is 14.7 Å². The number of carbonyl (C=O) groups excluding carboxylic acids is 2. The minimum absolute atomic E-state index is 0.240. The maximum Gasteiger partial charge on any atom is 0.196 e. The van der Waals surface area contributed by atoms with Crippen LogP contribution in [0.3, 0.4) is 0 Å². The average molecular weight is 240 g/mol. The Labute approximate surface area is 105 Å². The first-order valence-electron chi connectivity index (χ1n) is 5.55. The van der Waals surface area contributed by atoms with Crippen LogP contribution in [0.1, 0.15) is 32.4 Å². The molecule has 0 amide bonds. The molecule has 2 aromatic rings. The fourth-order valence-corrected chi connectivity index (χ4v) is 1.76. The SMILES string of the molecule is O=Cc1ccccc1C(=O)C(O)c1ccccc1. The van der Waals surface area contributed by atoms with Gasteiger partial charge in [-0.15, -0.1) is 0 Å². The lowest BCUT2D eigenvalue weighted by atomic mass is 9.97. The van der Waals surface area contributed by atoms with Gasteiger partial charge in [-0.2, -0.15) is 0 Å². The molecule has 0 saturated heterocycles. The highest BCUT2D eigenvalue weighted by molar-refractivity contribution is 6.05. The van der Waals surface area contributed by atoms with Crippen LogP contribution in [0.25, 0.3) is 0 Å². The van der Waals surface area contributed by atoms with E-state index in [0.717, 1.165) is 0 Å². The fraction of sp³-hybridized carbons (Fsp3) is 0.0667. The predicted molar refractivity (Wildman–Crippen MR) is 67.6 cm³/mol. The van der Waals surface area contributed by atoms with E-state index in [4.69, 9.17) is 0 Å². The smallest absolute Gasteiger partial charge is 0.196 e. The first-order chi connectivity index (χ1) is 8.74. The Morgan fingerprint density at radius 1 is 1.00 bits per heavy atom. The molecular weight excluding hydrogens is 228 g/mol. The molecule has 0 radical (unpaired) electrons. The number of hydrogen-bond acceptors (Lipinski definition) is 3. The Hall–Kier alpha value is -2.26. The second-order valence-electron chi connectivity index (χ2n) is 3.88. The van der Waals surface area contributed by atoms with Crippen molar-refractivity contribution in [1.82, 2.24) is 0 Å². The second-order valence-corrected chi connectivity index (χ2v) is 3.88. The van der Waals surface area contributed by atoms with Crippen molar-refractivity contribution < 1.29 is 14.7 Å². The molecule has 0 aliphatic carbocycles. The van der Waals surface area contributed by atoms with Crippen LogP contribution in [-0.4, -0.2) is 17.2 Å². The molecule has 0 aromatic heterocycles. The minimum atomic E-state index is -1.24. The molecule has 3 heteroatoms. The predicted octanol–water partition coefficient (Wildman–Crippen LogP) is 2.42. The molecule has 90 valence electrons. The van der Waals surface area contributed by atoms with Crippen molar-refractivity contribution in [3.8, 4) is 0 Å². The summed E-state index contributed by atoms with van der Waals surface area (Å²) in [5, 5.41) is 10.00. The highest BCUT2D eigenvalue weighted by Gasteiger charge is 2.20. The number of Topliss-reactive ketones (excluding diaryl/α,β-unsaturated/α-hetero) is 1. The van der Waals surface area contributed by atoms with E-state index in [-0.39, 0.29) is 11.1 Å². The molecule has 1 N–H and O–H groups in total. The van der Waals surface area contributed by atoms with Gasteiger partial charge in [0, 0.05) is 11.1 Å². The van der Waals surface area contributed by atoms with Crippen LogP contribution in [0.2, 0.25) is 0 Å². The Morgan fingerprint density at radius 2 is 1.61 bits per heavy atom. The van der Waals surface area contributed by atoms with E-state index in [1.54, 1.807) is 48.5 Å². The molecule has 3 nitrogen and oxygen atoms in total. The monoisotopic (exact) mass is 240 g/mol. The zero-order valence-electron chi connectivity index (χ0n) is 9.61. The van der Waals surface area contributed by atoms with Gasteiger partial charge >= 0.3 is 0 Å². The van der Waals surface area contributed by atoms with E-state index in [2.05, 4.69) is 0 Å². The largest absolute Gasteiger partial charge is 0.380 e. The van der Waals surface area contributed by atoms with Crippen molar-refractivity contribution in [2.24, 2.45) is 0 Å². The number of benzene rings is 2. The molecule has 0 aliphatic heterocycles. The van der Waals surface area contributed by atoms with Gasteiger partial charge in [0.2, 0.25) is 0 Å². The Bertz CT molecular complexity index is 561. The third-order valence-corrected chi connectivity index (χ3v) is 2.72. The summed E-state index contributed by atoms with van der Waals surface area (Å²) in [6.45, 7) is 0.